The lowest BCUT2D eigenvalue weighted by Crippen LogP contribution is -2.51. The Bertz CT molecular complexity index is 540. The first-order valence-corrected chi connectivity index (χ1v) is 10.5. The molecule has 0 fully saturated rings. The fourth-order valence-corrected chi connectivity index (χ4v) is 4.05. The molecule has 0 aromatic heterocycles. The summed E-state index contributed by atoms with van der Waals surface area (Å²) in [7, 11) is 0. The molecule has 3 unspecified atom stereocenters. The van der Waals surface area contributed by atoms with Gasteiger partial charge in [0.2, 0.25) is 0 Å². The monoisotopic (exact) mass is 420 g/mol. The van der Waals surface area contributed by atoms with Crippen molar-refractivity contribution < 1.29 is 24.5 Å². The predicted molar refractivity (Wildman–Crippen MR) is 113 cm³/mol. The summed E-state index contributed by atoms with van der Waals surface area (Å²) in [6.45, 7) is 19.6. The number of carbonyl (C=O) groups is 2. The Morgan fingerprint density at radius 3 is 1.71 bits per heavy atom. The maximum absolute atomic E-state index is 13.0. The van der Waals surface area contributed by atoms with Crippen molar-refractivity contribution in [3.8, 4) is 0 Å². The molecule has 5 nitrogen and oxygen atoms in total. The number of alkyl halides is 1. The summed E-state index contributed by atoms with van der Waals surface area (Å²) in [5, 5.41) is 19.4. The summed E-state index contributed by atoms with van der Waals surface area (Å²) < 4.78 is 5.39. The molecule has 0 saturated carbocycles. The molecular weight excluding hydrogens is 380 g/mol. The summed E-state index contributed by atoms with van der Waals surface area (Å²) in [5.74, 6) is -2.26. The van der Waals surface area contributed by atoms with Gasteiger partial charge in [-0.2, -0.15) is 0 Å². The number of carbonyl (C=O) groups excluding carboxylic acids is 1. The zero-order valence-corrected chi connectivity index (χ0v) is 20.1. The first-order chi connectivity index (χ1) is 12.3. The normalized spacial score (nSPS) is 17.0. The van der Waals surface area contributed by atoms with Crippen LogP contribution in [-0.4, -0.2) is 40.7 Å². The van der Waals surface area contributed by atoms with E-state index in [4.69, 9.17) is 16.3 Å². The first kappa shape index (κ1) is 27.2. The van der Waals surface area contributed by atoms with Gasteiger partial charge in [0, 0.05) is 0 Å². The van der Waals surface area contributed by atoms with Crippen LogP contribution in [0.5, 0.6) is 0 Å². The van der Waals surface area contributed by atoms with Crippen LogP contribution >= 0.6 is 11.6 Å². The SMILES string of the molecule is CC(C)(C)C(CC(C)(C)C(C)(C)C(C(=O)OCC(O)CCl)C(C)(C)C)C(=O)O. The average molecular weight is 421 g/mol. The molecule has 0 radical (unpaired) electrons. The number of rotatable bonds is 9. The van der Waals surface area contributed by atoms with Crippen LogP contribution < -0.4 is 0 Å². The topological polar surface area (TPSA) is 83.8 Å². The van der Waals surface area contributed by atoms with Crippen LogP contribution in [0.15, 0.2) is 0 Å². The molecule has 0 rings (SSSR count). The van der Waals surface area contributed by atoms with E-state index in [1.807, 2.05) is 69.2 Å². The Hall–Kier alpha value is -0.810. The molecule has 28 heavy (non-hydrogen) atoms. The second-order valence-electron chi connectivity index (χ2n) is 11.3. The first-order valence-electron chi connectivity index (χ1n) is 9.92. The molecule has 0 amide bonds. The summed E-state index contributed by atoms with van der Waals surface area (Å²) in [6, 6.07) is 0. The highest BCUT2D eigenvalue weighted by atomic mass is 35.5. The Balaban J connectivity index is 5.91. The lowest BCUT2D eigenvalue weighted by Gasteiger charge is -2.52. The summed E-state index contributed by atoms with van der Waals surface area (Å²) in [6.07, 6.45) is -0.470. The van der Waals surface area contributed by atoms with Gasteiger partial charge in [-0.3, -0.25) is 9.59 Å². The van der Waals surface area contributed by atoms with Crippen LogP contribution in [0.2, 0.25) is 0 Å². The van der Waals surface area contributed by atoms with Crippen molar-refractivity contribution >= 4 is 23.5 Å². The van der Waals surface area contributed by atoms with Gasteiger partial charge in [0.15, 0.2) is 0 Å². The molecule has 0 saturated heterocycles. The molecule has 0 aromatic carbocycles. The van der Waals surface area contributed by atoms with Crippen molar-refractivity contribution in [2.45, 2.75) is 81.8 Å². The van der Waals surface area contributed by atoms with Crippen LogP contribution in [0.25, 0.3) is 0 Å². The Labute approximate surface area is 176 Å². The second-order valence-corrected chi connectivity index (χ2v) is 11.6. The molecule has 0 aliphatic rings. The molecule has 0 heterocycles. The van der Waals surface area contributed by atoms with Crippen molar-refractivity contribution in [1.29, 1.82) is 0 Å². The predicted octanol–water partition coefficient (Wildman–Crippen LogP) is 4.98. The molecular formula is C22H41ClO5. The van der Waals surface area contributed by atoms with E-state index in [0.717, 1.165) is 0 Å². The number of hydrogen-bond donors (Lipinski definition) is 2. The number of hydrogen-bond acceptors (Lipinski definition) is 4. The van der Waals surface area contributed by atoms with E-state index in [1.165, 1.54) is 0 Å². The van der Waals surface area contributed by atoms with Gasteiger partial charge >= 0.3 is 11.9 Å². The maximum Gasteiger partial charge on any atom is 0.310 e. The standard InChI is InChI=1S/C22H41ClO5/c1-19(2,3)15(17(25)26)11-21(7,8)22(9,10)16(20(4,5)6)18(27)28-13-14(24)12-23/h14-16,24H,11-13H2,1-10H3,(H,25,26). The lowest BCUT2D eigenvalue weighted by atomic mass is 9.52. The van der Waals surface area contributed by atoms with E-state index < -0.39 is 51.5 Å². The van der Waals surface area contributed by atoms with E-state index in [9.17, 15) is 19.8 Å². The van der Waals surface area contributed by atoms with Gasteiger partial charge in [0.1, 0.15) is 12.7 Å². The minimum Gasteiger partial charge on any atom is -0.481 e. The van der Waals surface area contributed by atoms with Gasteiger partial charge in [-0.1, -0.05) is 69.2 Å². The molecule has 0 aliphatic carbocycles. The number of carboxylic acids is 1. The van der Waals surface area contributed by atoms with Crippen LogP contribution in [0, 0.1) is 33.5 Å². The fourth-order valence-electron chi connectivity index (χ4n) is 3.96. The summed E-state index contributed by atoms with van der Waals surface area (Å²) >= 11 is 5.60. The number of aliphatic hydroxyl groups excluding tert-OH is 1. The summed E-state index contributed by atoms with van der Waals surface area (Å²) in [5.41, 5.74) is -1.84. The quantitative estimate of drug-likeness (QED) is 0.406. The minimum atomic E-state index is -0.903. The minimum absolute atomic E-state index is 0.00573. The summed E-state index contributed by atoms with van der Waals surface area (Å²) in [4.78, 5) is 25.0. The van der Waals surface area contributed by atoms with Gasteiger partial charge in [-0.05, 0) is 28.1 Å². The van der Waals surface area contributed by atoms with E-state index in [1.54, 1.807) is 0 Å². The van der Waals surface area contributed by atoms with Crippen LogP contribution in [0.3, 0.4) is 0 Å². The molecule has 0 aromatic rings. The molecule has 0 spiro atoms. The van der Waals surface area contributed by atoms with Crippen molar-refractivity contribution in [3.63, 3.8) is 0 Å². The number of carboxylic acid groups (broad SMARTS) is 1. The van der Waals surface area contributed by atoms with E-state index in [0.29, 0.717) is 6.42 Å². The number of aliphatic carboxylic acids is 1. The smallest absolute Gasteiger partial charge is 0.310 e. The van der Waals surface area contributed by atoms with E-state index in [-0.39, 0.29) is 12.5 Å². The highest BCUT2D eigenvalue weighted by Crippen LogP contribution is 2.55. The van der Waals surface area contributed by atoms with E-state index in [2.05, 4.69) is 0 Å². The van der Waals surface area contributed by atoms with Gasteiger partial charge in [-0.25, -0.2) is 0 Å². The largest absolute Gasteiger partial charge is 0.481 e. The van der Waals surface area contributed by atoms with Crippen LogP contribution in [0.4, 0.5) is 0 Å². The molecule has 0 bridgehead atoms. The van der Waals surface area contributed by atoms with Crippen LogP contribution in [0.1, 0.15) is 75.7 Å². The number of esters is 1. The van der Waals surface area contributed by atoms with Crippen molar-refractivity contribution in [2.75, 3.05) is 12.5 Å². The van der Waals surface area contributed by atoms with Gasteiger partial charge < -0.3 is 14.9 Å². The Kier molecular flexibility index (Phi) is 9.07. The molecule has 2 N–H and O–H groups in total. The third-order valence-electron chi connectivity index (χ3n) is 6.22. The Morgan fingerprint density at radius 2 is 1.39 bits per heavy atom. The molecule has 6 heteroatoms. The van der Waals surface area contributed by atoms with Gasteiger partial charge in [-0.15, -0.1) is 11.6 Å². The van der Waals surface area contributed by atoms with Crippen molar-refractivity contribution in [2.24, 2.45) is 33.5 Å². The van der Waals surface area contributed by atoms with Crippen molar-refractivity contribution in [3.05, 3.63) is 0 Å². The second kappa shape index (κ2) is 9.34. The van der Waals surface area contributed by atoms with Gasteiger partial charge in [0.05, 0.1) is 17.7 Å². The maximum atomic E-state index is 13.0. The Morgan fingerprint density at radius 1 is 0.929 bits per heavy atom. The van der Waals surface area contributed by atoms with Gasteiger partial charge in [0.25, 0.3) is 0 Å². The lowest BCUT2D eigenvalue weighted by molar-refractivity contribution is -0.168. The third kappa shape index (κ3) is 6.91. The highest BCUT2D eigenvalue weighted by Gasteiger charge is 2.53. The molecule has 0 aliphatic heterocycles. The third-order valence-corrected chi connectivity index (χ3v) is 6.58. The molecule has 166 valence electrons. The van der Waals surface area contributed by atoms with Crippen LogP contribution in [-0.2, 0) is 14.3 Å². The zero-order chi connectivity index (χ0) is 22.7. The zero-order valence-electron chi connectivity index (χ0n) is 19.4. The molecule has 3 atom stereocenters. The van der Waals surface area contributed by atoms with Crippen molar-refractivity contribution in [1.82, 2.24) is 0 Å². The number of ether oxygens (including phenoxy) is 1. The fraction of sp³-hybridized carbons (Fsp3) is 0.909. The number of halogens is 1. The number of aliphatic hydroxyl groups is 1. The average Bonchev–Trinajstić information content (AvgIpc) is 2.46. The van der Waals surface area contributed by atoms with E-state index >= 15 is 0 Å². The highest BCUT2D eigenvalue weighted by molar-refractivity contribution is 6.18.